The summed E-state index contributed by atoms with van der Waals surface area (Å²) in [7, 11) is 0. The van der Waals surface area contributed by atoms with Gasteiger partial charge >= 0.3 is 0 Å². The van der Waals surface area contributed by atoms with Gasteiger partial charge in [-0.05, 0) is 30.4 Å². The Balaban J connectivity index is 1.95. The van der Waals surface area contributed by atoms with Gasteiger partial charge in [-0.15, -0.1) is 0 Å². The third-order valence-corrected chi connectivity index (χ3v) is 3.93. The summed E-state index contributed by atoms with van der Waals surface area (Å²) in [6, 6.07) is 8.12. The van der Waals surface area contributed by atoms with Crippen LogP contribution < -0.4 is 5.73 Å². The normalized spacial score (nSPS) is 17.8. The lowest BCUT2D eigenvalue weighted by Gasteiger charge is -2.20. The quantitative estimate of drug-likeness (QED) is 0.653. The molecule has 0 bridgehead atoms. The molecule has 19 heavy (non-hydrogen) atoms. The van der Waals surface area contributed by atoms with Gasteiger partial charge < -0.3 is 5.73 Å². The summed E-state index contributed by atoms with van der Waals surface area (Å²) in [6.45, 7) is 0. The minimum Gasteiger partial charge on any atom is -0.387 e. The Morgan fingerprint density at radius 1 is 1.16 bits per heavy atom. The number of nitrogens with two attached hydrogens (primary N) is 1. The molecule has 1 aromatic carbocycles. The molecule has 0 atom stereocenters. The van der Waals surface area contributed by atoms with E-state index in [1.807, 2.05) is 24.4 Å². The Bertz CT molecular complexity index is 592. The SMILES string of the molecule is NC(=Nc1cccc2ccncc12)C1CCCCC1. The van der Waals surface area contributed by atoms with Crippen molar-refractivity contribution >= 4 is 22.3 Å². The van der Waals surface area contributed by atoms with Crippen molar-refractivity contribution in [1.29, 1.82) is 0 Å². The lowest BCUT2D eigenvalue weighted by atomic mass is 9.88. The summed E-state index contributed by atoms with van der Waals surface area (Å²) in [5.74, 6) is 1.25. The summed E-state index contributed by atoms with van der Waals surface area (Å²) < 4.78 is 0. The van der Waals surface area contributed by atoms with E-state index in [-0.39, 0.29) is 0 Å². The van der Waals surface area contributed by atoms with Gasteiger partial charge in [0.2, 0.25) is 0 Å². The van der Waals surface area contributed by atoms with Crippen LogP contribution in [0.15, 0.2) is 41.7 Å². The van der Waals surface area contributed by atoms with Crippen LogP contribution in [0.25, 0.3) is 10.8 Å². The zero-order valence-corrected chi connectivity index (χ0v) is 11.0. The first-order valence-electron chi connectivity index (χ1n) is 7.01. The predicted octanol–water partition coefficient (Wildman–Crippen LogP) is 3.80. The van der Waals surface area contributed by atoms with E-state index in [2.05, 4.69) is 16.0 Å². The van der Waals surface area contributed by atoms with Crippen molar-refractivity contribution in [3.63, 3.8) is 0 Å². The molecule has 2 N–H and O–H groups in total. The van der Waals surface area contributed by atoms with Crippen LogP contribution in [0, 0.1) is 5.92 Å². The molecule has 3 rings (SSSR count). The fraction of sp³-hybridized carbons (Fsp3) is 0.375. The van der Waals surface area contributed by atoms with Gasteiger partial charge in [-0.2, -0.15) is 0 Å². The van der Waals surface area contributed by atoms with Crippen molar-refractivity contribution in [3.8, 4) is 0 Å². The Morgan fingerprint density at radius 2 is 2.00 bits per heavy atom. The van der Waals surface area contributed by atoms with Crippen LogP contribution in [0.1, 0.15) is 32.1 Å². The van der Waals surface area contributed by atoms with Crippen molar-refractivity contribution < 1.29 is 0 Å². The maximum absolute atomic E-state index is 6.20. The molecule has 1 aliphatic rings. The summed E-state index contributed by atoms with van der Waals surface area (Å²) in [5, 5.41) is 2.23. The number of hydrogen-bond acceptors (Lipinski definition) is 2. The molecule has 1 aromatic heterocycles. The molecule has 0 amide bonds. The highest BCUT2D eigenvalue weighted by atomic mass is 14.9. The topological polar surface area (TPSA) is 51.3 Å². The molecule has 3 heteroatoms. The van der Waals surface area contributed by atoms with E-state index in [9.17, 15) is 0 Å². The number of rotatable bonds is 2. The fourth-order valence-corrected chi connectivity index (χ4v) is 2.82. The van der Waals surface area contributed by atoms with Gasteiger partial charge in [-0.1, -0.05) is 31.4 Å². The molecule has 1 fully saturated rings. The van der Waals surface area contributed by atoms with Crippen LogP contribution >= 0.6 is 0 Å². The standard InChI is InChI=1S/C16H19N3/c17-16(13-5-2-1-3-6-13)19-15-8-4-7-12-9-10-18-11-14(12)15/h4,7-11,13H,1-3,5-6H2,(H2,17,19). The minimum atomic E-state index is 0.459. The highest BCUT2D eigenvalue weighted by molar-refractivity contribution is 5.95. The van der Waals surface area contributed by atoms with Crippen LogP contribution in [0.4, 0.5) is 5.69 Å². The second-order valence-corrected chi connectivity index (χ2v) is 5.25. The Hall–Kier alpha value is -1.90. The third-order valence-electron chi connectivity index (χ3n) is 3.93. The highest BCUT2D eigenvalue weighted by Crippen LogP contribution is 2.28. The molecule has 0 aliphatic heterocycles. The molecule has 0 unspecified atom stereocenters. The molecule has 0 saturated heterocycles. The first kappa shape index (κ1) is 12.2. The number of fused-ring (bicyclic) bond motifs is 1. The molecule has 1 saturated carbocycles. The van der Waals surface area contributed by atoms with E-state index >= 15 is 0 Å². The lowest BCUT2D eigenvalue weighted by Crippen LogP contribution is -2.25. The average Bonchev–Trinajstić information content (AvgIpc) is 2.48. The van der Waals surface area contributed by atoms with Gasteiger partial charge in [-0.3, -0.25) is 4.98 Å². The number of amidine groups is 1. The first-order valence-corrected chi connectivity index (χ1v) is 7.01. The number of aromatic nitrogens is 1. The van der Waals surface area contributed by atoms with Crippen molar-refractivity contribution in [2.75, 3.05) is 0 Å². The zero-order valence-electron chi connectivity index (χ0n) is 11.0. The van der Waals surface area contributed by atoms with Crippen molar-refractivity contribution in [2.45, 2.75) is 32.1 Å². The van der Waals surface area contributed by atoms with Gasteiger partial charge in [0.25, 0.3) is 0 Å². The molecular weight excluding hydrogens is 234 g/mol. The van der Waals surface area contributed by atoms with E-state index in [0.717, 1.165) is 22.3 Å². The maximum atomic E-state index is 6.20. The monoisotopic (exact) mass is 253 g/mol. The number of pyridine rings is 1. The van der Waals surface area contributed by atoms with Crippen molar-refractivity contribution in [1.82, 2.24) is 4.98 Å². The Kier molecular flexibility index (Phi) is 3.45. The van der Waals surface area contributed by atoms with Crippen molar-refractivity contribution in [2.24, 2.45) is 16.6 Å². The smallest absolute Gasteiger partial charge is 0.103 e. The van der Waals surface area contributed by atoms with E-state index in [1.54, 1.807) is 6.20 Å². The number of nitrogens with zero attached hydrogens (tertiary/aromatic N) is 2. The lowest BCUT2D eigenvalue weighted by molar-refractivity contribution is 0.437. The van der Waals surface area contributed by atoms with Gasteiger partial charge in [0.15, 0.2) is 0 Å². The number of hydrogen-bond donors (Lipinski definition) is 1. The second kappa shape index (κ2) is 5.39. The highest BCUT2D eigenvalue weighted by Gasteiger charge is 2.17. The minimum absolute atomic E-state index is 0.459. The number of benzene rings is 1. The Morgan fingerprint density at radius 3 is 2.84 bits per heavy atom. The second-order valence-electron chi connectivity index (χ2n) is 5.25. The summed E-state index contributed by atoms with van der Waals surface area (Å²) in [6.07, 6.45) is 9.91. The summed E-state index contributed by atoms with van der Waals surface area (Å²) in [5.41, 5.74) is 7.14. The largest absolute Gasteiger partial charge is 0.387 e. The van der Waals surface area contributed by atoms with E-state index in [4.69, 9.17) is 5.73 Å². The molecule has 3 nitrogen and oxygen atoms in total. The summed E-state index contributed by atoms with van der Waals surface area (Å²) in [4.78, 5) is 8.85. The van der Waals surface area contributed by atoms with Gasteiger partial charge in [-0.25, -0.2) is 4.99 Å². The fourth-order valence-electron chi connectivity index (χ4n) is 2.82. The van der Waals surface area contributed by atoms with Gasteiger partial charge in [0.1, 0.15) is 5.84 Å². The molecule has 0 radical (unpaired) electrons. The van der Waals surface area contributed by atoms with Crippen molar-refractivity contribution in [3.05, 3.63) is 36.7 Å². The van der Waals surface area contributed by atoms with E-state index in [0.29, 0.717) is 5.92 Å². The zero-order chi connectivity index (χ0) is 13.1. The molecule has 1 aliphatic carbocycles. The van der Waals surface area contributed by atoms with Gasteiger partial charge in [0, 0.05) is 23.7 Å². The predicted molar refractivity (Wildman–Crippen MR) is 79.6 cm³/mol. The van der Waals surface area contributed by atoms with Crippen LogP contribution in [0.3, 0.4) is 0 Å². The van der Waals surface area contributed by atoms with Crippen LogP contribution in [0.2, 0.25) is 0 Å². The molecule has 0 spiro atoms. The molecule has 98 valence electrons. The van der Waals surface area contributed by atoms with E-state index in [1.165, 1.54) is 32.1 Å². The summed E-state index contributed by atoms with van der Waals surface area (Å²) >= 11 is 0. The molecule has 1 heterocycles. The molecular formula is C16H19N3. The molecule has 2 aromatic rings. The number of aliphatic imine (C=N–C) groups is 1. The first-order chi connectivity index (χ1) is 9.34. The maximum Gasteiger partial charge on any atom is 0.103 e. The Labute approximate surface area is 113 Å². The van der Waals surface area contributed by atoms with Crippen LogP contribution in [-0.4, -0.2) is 10.8 Å². The van der Waals surface area contributed by atoms with E-state index < -0.39 is 0 Å². The third kappa shape index (κ3) is 2.60. The van der Waals surface area contributed by atoms with Gasteiger partial charge in [0.05, 0.1) is 5.69 Å². The average molecular weight is 253 g/mol. The van der Waals surface area contributed by atoms with Crippen LogP contribution in [-0.2, 0) is 0 Å². The van der Waals surface area contributed by atoms with Crippen LogP contribution in [0.5, 0.6) is 0 Å².